The average molecular weight is 373 g/mol. The van der Waals surface area contributed by atoms with Crippen molar-refractivity contribution in [3.8, 4) is 11.1 Å². The van der Waals surface area contributed by atoms with E-state index in [2.05, 4.69) is 45.0 Å². The Bertz CT molecular complexity index is 771. The number of aromatic nitrogens is 1. The zero-order valence-corrected chi connectivity index (χ0v) is 16.8. The van der Waals surface area contributed by atoms with Crippen molar-refractivity contribution in [2.45, 2.75) is 46.4 Å². The van der Waals surface area contributed by atoms with Crippen LogP contribution in [0.3, 0.4) is 0 Å². The number of thioether (sulfide) groups is 1. The van der Waals surface area contributed by atoms with Gasteiger partial charge >= 0.3 is 5.97 Å². The van der Waals surface area contributed by atoms with Crippen molar-refractivity contribution in [2.24, 2.45) is 11.7 Å². The maximum Gasteiger partial charge on any atom is 0.313 e. The van der Waals surface area contributed by atoms with Gasteiger partial charge in [0.2, 0.25) is 0 Å². The molecular weight excluding hydrogens is 344 g/mol. The van der Waals surface area contributed by atoms with E-state index in [-0.39, 0.29) is 5.75 Å². The zero-order chi connectivity index (χ0) is 19.3. The minimum absolute atomic E-state index is 0.0818. The molecule has 0 bridgehead atoms. The van der Waals surface area contributed by atoms with Crippen molar-refractivity contribution in [1.29, 1.82) is 0 Å². The molecule has 26 heavy (non-hydrogen) atoms. The SMILES string of the molecule is Cc1ccc(-c2c(CSCC(=O)O)c(C)nc(CC(C)C)c2CN)cc1. The van der Waals surface area contributed by atoms with Crippen molar-refractivity contribution in [3.05, 3.63) is 52.3 Å². The predicted octanol–water partition coefficient (Wildman–Crippen LogP) is 4.34. The quantitative estimate of drug-likeness (QED) is 0.721. The number of carboxylic acids is 1. The van der Waals surface area contributed by atoms with E-state index in [1.807, 2.05) is 6.92 Å². The Morgan fingerprint density at radius 2 is 1.85 bits per heavy atom. The summed E-state index contributed by atoms with van der Waals surface area (Å²) in [6.07, 6.45) is 0.884. The third kappa shape index (κ3) is 5.08. The standard InChI is InChI=1S/C21H28N2O2S/c1-13(2)9-19-17(10-22)21(16-7-5-14(3)6-8-16)18(15(4)23-19)11-26-12-20(24)25/h5-8,13H,9-12,22H2,1-4H3,(H,24,25). The molecule has 0 aliphatic heterocycles. The first-order chi connectivity index (χ1) is 12.3. The second-order valence-electron chi connectivity index (χ2n) is 7.03. The average Bonchev–Trinajstić information content (AvgIpc) is 2.56. The monoisotopic (exact) mass is 372 g/mol. The van der Waals surface area contributed by atoms with Gasteiger partial charge in [-0.1, -0.05) is 43.7 Å². The Balaban J connectivity index is 2.61. The van der Waals surface area contributed by atoms with Gasteiger partial charge in [0, 0.05) is 23.7 Å². The summed E-state index contributed by atoms with van der Waals surface area (Å²) in [5.41, 5.74) is 13.8. The Morgan fingerprint density at radius 3 is 2.38 bits per heavy atom. The summed E-state index contributed by atoms with van der Waals surface area (Å²) < 4.78 is 0. The van der Waals surface area contributed by atoms with Gasteiger partial charge in [-0.05, 0) is 48.4 Å². The highest BCUT2D eigenvalue weighted by molar-refractivity contribution is 7.99. The van der Waals surface area contributed by atoms with Gasteiger partial charge in [-0.2, -0.15) is 0 Å². The van der Waals surface area contributed by atoms with Crippen molar-refractivity contribution in [2.75, 3.05) is 5.75 Å². The Kier molecular flexibility index (Phi) is 7.23. The van der Waals surface area contributed by atoms with Crippen LogP contribution in [0.25, 0.3) is 11.1 Å². The number of nitrogens with two attached hydrogens (primary N) is 1. The van der Waals surface area contributed by atoms with Crippen molar-refractivity contribution in [1.82, 2.24) is 4.98 Å². The number of nitrogens with zero attached hydrogens (tertiary/aromatic N) is 1. The Labute approximate surface area is 160 Å². The van der Waals surface area contributed by atoms with Gasteiger partial charge in [-0.3, -0.25) is 9.78 Å². The van der Waals surface area contributed by atoms with Gasteiger partial charge in [0.25, 0.3) is 0 Å². The molecule has 3 N–H and O–H groups in total. The summed E-state index contributed by atoms with van der Waals surface area (Å²) in [4.78, 5) is 15.8. The van der Waals surface area contributed by atoms with Crippen LogP contribution in [0.4, 0.5) is 0 Å². The molecule has 0 radical (unpaired) electrons. The molecule has 0 saturated heterocycles. The molecule has 4 nitrogen and oxygen atoms in total. The number of hydrogen-bond donors (Lipinski definition) is 2. The van der Waals surface area contributed by atoms with E-state index < -0.39 is 5.97 Å². The molecule has 0 atom stereocenters. The lowest BCUT2D eigenvalue weighted by Crippen LogP contribution is -2.13. The van der Waals surface area contributed by atoms with Crippen LogP contribution in [0.5, 0.6) is 0 Å². The largest absolute Gasteiger partial charge is 0.481 e. The topological polar surface area (TPSA) is 76.2 Å². The Hall–Kier alpha value is -1.85. The molecule has 0 aliphatic rings. The van der Waals surface area contributed by atoms with E-state index in [0.717, 1.165) is 40.1 Å². The van der Waals surface area contributed by atoms with Crippen LogP contribution < -0.4 is 5.73 Å². The van der Waals surface area contributed by atoms with Crippen LogP contribution in [0.1, 0.15) is 41.9 Å². The number of carbonyl (C=O) groups is 1. The van der Waals surface area contributed by atoms with Crippen LogP contribution in [0.2, 0.25) is 0 Å². The lowest BCUT2D eigenvalue weighted by molar-refractivity contribution is -0.133. The molecule has 0 unspecified atom stereocenters. The van der Waals surface area contributed by atoms with Gasteiger partial charge < -0.3 is 10.8 Å². The fourth-order valence-electron chi connectivity index (χ4n) is 3.11. The molecule has 0 aliphatic carbocycles. The summed E-state index contributed by atoms with van der Waals surface area (Å²) >= 11 is 1.40. The van der Waals surface area contributed by atoms with Gasteiger partial charge in [-0.15, -0.1) is 11.8 Å². The third-order valence-corrected chi connectivity index (χ3v) is 5.25. The number of pyridine rings is 1. The smallest absolute Gasteiger partial charge is 0.313 e. The number of benzene rings is 1. The summed E-state index contributed by atoms with van der Waals surface area (Å²) in [6, 6.07) is 8.44. The van der Waals surface area contributed by atoms with E-state index in [9.17, 15) is 4.79 Å². The minimum atomic E-state index is -0.798. The highest BCUT2D eigenvalue weighted by Gasteiger charge is 2.19. The number of aryl methyl sites for hydroxylation is 2. The molecule has 1 aromatic carbocycles. The lowest BCUT2D eigenvalue weighted by Gasteiger charge is -2.21. The second kappa shape index (κ2) is 9.19. The van der Waals surface area contributed by atoms with E-state index in [1.165, 1.54) is 17.3 Å². The summed E-state index contributed by atoms with van der Waals surface area (Å²) in [5, 5.41) is 8.97. The number of aliphatic carboxylic acids is 1. The highest BCUT2D eigenvalue weighted by Crippen LogP contribution is 2.34. The lowest BCUT2D eigenvalue weighted by atomic mass is 9.90. The molecule has 140 valence electrons. The first-order valence-corrected chi connectivity index (χ1v) is 10.1. The molecule has 0 amide bonds. The van der Waals surface area contributed by atoms with Crippen molar-refractivity contribution in [3.63, 3.8) is 0 Å². The summed E-state index contributed by atoms with van der Waals surface area (Å²) in [5.74, 6) is 0.389. The predicted molar refractivity (Wildman–Crippen MR) is 109 cm³/mol. The van der Waals surface area contributed by atoms with Crippen molar-refractivity contribution >= 4 is 17.7 Å². The first kappa shape index (κ1) is 20.5. The Morgan fingerprint density at radius 1 is 1.19 bits per heavy atom. The summed E-state index contributed by atoms with van der Waals surface area (Å²) in [7, 11) is 0. The molecular formula is C21H28N2O2S. The van der Waals surface area contributed by atoms with Gasteiger partial charge in [0.15, 0.2) is 0 Å². The first-order valence-electron chi connectivity index (χ1n) is 8.91. The molecule has 2 rings (SSSR count). The molecule has 1 aromatic heterocycles. The van der Waals surface area contributed by atoms with Crippen LogP contribution >= 0.6 is 11.8 Å². The van der Waals surface area contributed by atoms with E-state index in [0.29, 0.717) is 18.2 Å². The van der Waals surface area contributed by atoms with Crippen molar-refractivity contribution < 1.29 is 9.90 Å². The number of carboxylic acid groups (broad SMARTS) is 1. The van der Waals surface area contributed by atoms with Gasteiger partial charge in [0.1, 0.15) is 0 Å². The van der Waals surface area contributed by atoms with Crippen LogP contribution in [0, 0.1) is 19.8 Å². The zero-order valence-electron chi connectivity index (χ0n) is 16.0. The van der Waals surface area contributed by atoms with Gasteiger partial charge in [0.05, 0.1) is 5.75 Å². The molecule has 0 spiro atoms. The normalized spacial score (nSPS) is 11.2. The van der Waals surface area contributed by atoms with E-state index in [1.54, 1.807) is 0 Å². The highest BCUT2D eigenvalue weighted by atomic mass is 32.2. The van der Waals surface area contributed by atoms with E-state index >= 15 is 0 Å². The molecule has 2 aromatic rings. The third-order valence-electron chi connectivity index (χ3n) is 4.31. The fraction of sp³-hybridized carbons (Fsp3) is 0.429. The minimum Gasteiger partial charge on any atom is -0.481 e. The molecule has 1 heterocycles. The van der Waals surface area contributed by atoms with E-state index in [4.69, 9.17) is 15.8 Å². The maximum absolute atomic E-state index is 10.9. The second-order valence-corrected chi connectivity index (χ2v) is 8.02. The summed E-state index contributed by atoms with van der Waals surface area (Å²) in [6.45, 7) is 8.87. The maximum atomic E-state index is 10.9. The van der Waals surface area contributed by atoms with Gasteiger partial charge in [-0.25, -0.2) is 0 Å². The van der Waals surface area contributed by atoms with Crippen LogP contribution in [-0.2, 0) is 23.5 Å². The molecule has 5 heteroatoms. The number of rotatable bonds is 8. The fourth-order valence-corrected chi connectivity index (χ4v) is 3.94. The number of hydrogen-bond acceptors (Lipinski definition) is 4. The van der Waals surface area contributed by atoms with Crippen LogP contribution in [-0.4, -0.2) is 21.8 Å². The van der Waals surface area contributed by atoms with Crippen LogP contribution in [0.15, 0.2) is 24.3 Å². The molecule has 0 fully saturated rings. The molecule has 0 saturated carbocycles.